The Morgan fingerprint density at radius 2 is 1.96 bits per heavy atom. The van der Waals surface area contributed by atoms with E-state index < -0.39 is 0 Å². The summed E-state index contributed by atoms with van der Waals surface area (Å²) in [7, 11) is 0. The smallest absolute Gasteiger partial charge is 0.257 e. The van der Waals surface area contributed by atoms with E-state index in [1.807, 2.05) is 35.2 Å². The average Bonchev–Trinajstić information content (AvgIpc) is 3.11. The van der Waals surface area contributed by atoms with E-state index in [1.54, 1.807) is 6.20 Å². The fraction of sp³-hybridized carbons (Fsp3) is 0.474. The number of carbonyl (C=O) groups is 1. The Bertz CT molecular complexity index is 663. The zero-order chi connectivity index (χ0) is 17.5. The van der Waals surface area contributed by atoms with E-state index in [9.17, 15) is 4.79 Å². The summed E-state index contributed by atoms with van der Waals surface area (Å²) in [6, 6.07) is 9.87. The van der Waals surface area contributed by atoms with Crippen LogP contribution >= 0.6 is 0 Å². The Balaban J connectivity index is 1.43. The third-order valence-corrected chi connectivity index (χ3v) is 4.53. The molecule has 3 rings (SSSR count). The van der Waals surface area contributed by atoms with E-state index in [0.717, 1.165) is 62.6 Å². The zero-order valence-electron chi connectivity index (χ0n) is 14.8. The lowest BCUT2D eigenvalue weighted by atomic mass is 10.1. The normalized spacial score (nSPS) is 15.3. The summed E-state index contributed by atoms with van der Waals surface area (Å²) in [5.41, 5.74) is 1.67. The fourth-order valence-corrected chi connectivity index (χ4v) is 3.09. The van der Waals surface area contributed by atoms with Gasteiger partial charge in [0, 0.05) is 38.4 Å². The van der Waals surface area contributed by atoms with Crippen LogP contribution < -0.4 is 4.74 Å². The predicted molar refractivity (Wildman–Crippen MR) is 96.9 cm³/mol. The van der Waals surface area contributed by atoms with Gasteiger partial charge in [-0.2, -0.15) is 5.10 Å². The van der Waals surface area contributed by atoms with E-state index in [1.165, 1.54) is 0 Å². The molecule has 0 aliphatic carbocycles. The number of aromatic amines is 1. The van der Waals surface area contributed by atoms with Gasteiger partial charge in [0.15, 0.2) is 0 Å². The molecular formula is C19H26N4O2. The topological polar surface area (TPSA) is 61.5 Å². The molecule has 1 saturated heterocycles. The molecule has 0 bridgehead atoms. The number of aryl methyl sites for hydroxylation is 1. The maximum Gasteiger partial charge on any atom is 0.257 e. The largest absolute Gasteiger partial charge is 0.492 e. The molecule has 0 radical (unpaired) electrons. The number of hydrogen-bond acceptors (Lipinski definition) is 4. The lowest BCUT2D eigenvalue weighted by Crippen LogP contribution is -2.49. The molecule has 1 aromatic carbocycles. The van der Waals surface area contributed by atoms with Crippen molar-refractivity contribution in [3.63, 3.8) is 0 Å². The highest BCUT2D eigenvalue weighted by Crippen LogP contribution is 2.13. The average molecular weight is 342 g/mol. The molecule has 1 aromatic heterocycles. The quantitative estimate of drug-likeness (QED) is 0.838. The Kier molecular flexibility index (Phi) is 6.06. The van der Waals surface area contributed by atoms with Gasteiger partial charge in [-0.15, -0.1) is 0 Å². The molecule has 6 nitrogen and oxygen atoms in total. The van der Waals surface area contributed by atoms with Crippen LogP contribution in [0.1, 0.15) is 29.4 Å². The van der Waals surface area contributed by atoms with Crippen molar-refractivity contribution < 1.29 is 9.53 Å². The summed E-state index contributed by atoms with van der Waals surface area (Å²) in [5.74, 6) is 0.997. The molecule has 6 heteroatoms. The number of hydrogen-bond donors (Lipinski definition) is 1. The Morgan fingerprint density at radius 3 is 2.68 bits per heavy atom. The molecule has 1 amide bonds. The van der Waals surface area contributed by atoms with Crippen LogP contribution in [0.2, 0.25) is 0 Å². The minimum absolute atomic E-state index is 0.0948. The number of carbonyl (C=O) groups excluding carboxylic acids is 1. The lowest BCUT2D eigenvalue weighted by molar-refractivity contribution is 0.0619. The number of nitrogens with one attached hydrogen (secondary N) is 1. The number of benzene rings is 1. The molecule has 134 valence electrons. The first-order chi connectivity index (χ1) is 12.3. The lowest BCUT2D eigenvalue weighted by Gasteiger charge is -2.34. The minimum Gasteiger partial charge on any atom is -0.492 e. The number of para-hydroxylation sites is 1. The Morgan fingerprint density at radius 1 is 1.20 bits per heavy atom. The van der Waals surface area contributed by atoms with Gasteiger partial charge in [-0.05, 0) is 18.6 Å². The van der Waals surface area contributed by atoms with Gasteiger partial charge in [0.1, 0.15) is 12.4 Å². The molecule has 1 aliphatic heterocycles. The van der Waals surface area contributed by atoms with Crippen molar-refractivity contribution in [1.29, 1.82) is 0 Å². The number of nitrogens with zero attached hydrogens (tertiary/aromatic N) is 3. The van der Waals surface area contributed by atoms with Crippen molar-refractivity contribution in [2.75, 3.05) is 39.3 Å². The van der Waals surface area contributed by atoms with Gasteiger partial charge in [0.25, 0.3) is 5.91 Å². The molecule has 0 unspecified atom stereocenters. The molecule has 1 aliphatic rings. The van der Waals surface area contributed by atoms with E-state index in [4.69, 9.17) is 4.74 Å². The third kappa shape index (κ3) is 4.60. The first-order valence-electron chi connectivity index (χ1n) is 8.99. The number of H-pyrrole nitrogens is 1. The summed E-state index contributed by atoms with van der Waals surface area (Å²) in [5, 5.41) is 7.00. The second-order valence-electron chi connectivity index (χ2n) is 6.31. The van der Waals surface area contributed by atoms with Crippen molar-refractivity contribution in [1.82, 2.24) is 20.0 Å². The van der Waals surface area contributed by atoms with E-state index in [2.05, 4.69) is 22.0 Å². The van der Waals surface area contributed by atoms with Gasteiger partial charge in [0.05, 0.1) is 11.8 Å². The molecular weight excluding hydrogens is 316 g/mol. The van der Waals surface area contributed by atoms with Crippen molar-refractivity contribution in [2.24, 2.45) is 0 Å². The number of ether oxygens (including phenoxy) is 1. The van der Waals surface area contributed by atoms with Crippen LogP contribution in [-0.2, 0) is 6.42 Å². The highest BCUT2D eigenvalue weighted by atomic mass is 16.5. The van der Waals surface area contributed by atoms with Crippen LogP contribution in [0.5, 0.6) is 5.75 Å². The number of piperazine rings is 1. The number of amides is 1. The van der Waals surface area contributed by atoms with Gasteiger partial charge in [-0.1, -0.05) is 31.5 Å². The van der Waals surface area contributed by atoms with E-state index in [-0.39, 0.29) is 5.91 Å². The Labute approximate surface area is 148 Å². The van der Waals surface area contributed by atoms with Crippen LogP contribution in [0.25, 0.3) is 0 Å². The van der Waals surface area contributed by atoms with Crippen LogP contribution in [0, 0.1) is 0 Å². The molecule has 0 saturated carbocycles. The highest BCUT2D eigenvalue weighted by Gasteiger charge is 2.24. The van der Waals surface area contributed by atoms with Gasteiger partial charge in [-0.3, -0.25) is 14.8 Å². The van der Waals surface area contributed by atoms with Gasteiger partial charge < -0.3 is 9.64 Å². The zero-order valence-corrected chi connectivity index (χ0v) is 14.8. The van der Waals surface area contributed by atoms with Crippen LogP contribution in [-0.4, -0.2) is 65.2 Å². The van der Waals surface area contributed by atoms with Crippen LogP contribution in [0.3, 0.4) is 0 Å². The standard InChI is InChI=1S/C19H26N4O2/c1-2-6-18-17(15-20-21-18)19(24)23-11-9-22(10-12-23)13-14-25-16-7-4-3-5-8-16/h3-5,7-8,15H,2,6,9-14H2,1H3,(H,20,21). The maximum absolute atomic E-state index is 12.7. The first-order valence-corrected chi connectivity index (χ1v) is 8.99. The van der Waals surface area contributed by atoms with Crippen molar-refractivity contribution in [2.45, 2.75) is 19.8 Å². The first kappa shape index (κ1) is 17.5. The fourth-order valence-electron chi connectivity index (χ4n) is 3.09. The second-order valence-corrected chi connectivity index (χ2v) is 6.31. The molecule has 2 aromatic rings. The monoisotopic (exact) mass is 342 g/mol. The summed E-state index contributed by atoms with van der Waals surface area (Å²) >= 11 is 0. The van der Waals surface area contributed by atoms with Gasteiger partial charge >= 0.3 is 0 Å². The molecule has 2 heterocycles. The maximum atomic E-state index is 12.7. The van der Waals surface area contributed by atoms with Gasteiger partial charge in [0.2, 0.25) is 0 Å². The van der Waals surface area contributed by atoms with E-state index >= 15 is 0 Å². The molecule has 0 spiro atoms. The third-order valence-electron chi connectivity index (χ3n) is 4.53. The highest BCUT2D eigenvalue weighted by molar-refractivity contribution is 5.95. The molecule has 0 atom stereocenters. The summed E-state index contributed by atoms with van der Waals surface area (Å²) in [6.45, 7) is 6.91. The Hall–Kier alpha value is -2.34. The van der Waals surface area contributed by atoms with Crippen molar-refractivity contribution >= 4 is 5.91 Å². The minimum atomic E-state index is 0.0948. The SMILES string of the molecule is CCCc1[nH]ncc1C(=O)N1CCN(CCOc2ccccc2)CC1. The molecule has 1 fully saturated rings. The number of rotatable bonds is 7. The van der Waals surface area contributed by atoms with Crippen LogP contribution in [0.15, 0.2) is 36.5 Å². The summed E-state index contributed by atoms with van der Waals surface area (Å²) < 4.78 is 5.75. The van der Waals surface area contributed by atoms with Crippen LogP contribution in [0.4, 0.5) is 0 Å². The molecule has 25 heavy (non-hydrogen) atoms. The predicted octanol–water partition coefficient (Wildman–Crippen LogP) is 2.20. The van der Waals surface area contributed by atoms with E-state index in [0.29, 0.717) is 6.61 Å². The second kappa shape index (κ2) is 8.67. The summed E-state index contributed by atoms with van der Waals surface area (Å²) in [4.78, 5) is 17.0. The van der Waals surface area contributed by atoms with Crippen molar-refractivity contribution in [3.8, 4) is 5.75 Å². The molecule has 1 N–H and O–H groups in total. The number of aromatic nitrogens is 2. The van der Waals surface area contributed by atoms with Gasteiger partial charge in [-0.25, -0.2) is 0 Å². The van der Waals surface area contributed by atoms with Crippen molar-refractivity contribution in [3.05, 3.63) is 47.8 Å². The summed E-state index contributed by atoms with van der Waals surface area (Å²) in [6.07, 6.45) is 3.52.